The molecule has 1 saturated heterocycles. The van der Waals surface area contributed by atoms with E-state index in [9.17, 15) is 9.59 Å². The van der Waals surface area contributed by atoms with Gasteiger partial charge in [-0.25, -0.2) is 10.0 Å². The van der Waals surface area contributed by atoms with Gasteiger partial charge in [-0.1, -0.05) is 42.5 Å². The number of carbonyl (C=O) groups excluding carboxylic acids is 2. The topological polar surface area (TPSA) is 54.8 Å². The Morgan fingerprint density at radius 1 is 0.722 bits per heavy atom. The fourth-order valence-corrected chi connectivity index (χ4v) is 4.66. The number of methoxy groups -OCH3 is 1. The molecule has 0 spiro atoms. The Balaban J connectivity index is 1.63. The molecule has 1 aromatic heterocycles. The number of nitrogens with zero attached hydrogens (tertiary/aromatic N) is 3. The van der Waals surface area contributed by atoms with Crippen molar-refractivity contribution in [2.24, 2.45) is 0 Å². The molecule has 36 heavy (non-hydrogen) atoms. The van der Waals surface area contributed by atoms with Gasteiger partial charge in [-0.3, -0.25) is 9.59 Å². The number of ether oxygens (including phenoxy) is 1. The molecule has 180 valence electrons. The summed E-state index contributed by atoms with van der Waals surface area (Å²) >= 11 is 0. The maximum absolute atomic E-state index is 13.7. The molecule has 1 fully saturated rings. The molecule has 0 bridgehead atoms. The molecule has 5 rings (SSSR count). The van der Waals surface area contributed by atoms with Gasteiger partial charge in [-0.2, -0.15) is 0 Å². The lowest BCUT2D eigenvalue weighted by Crippen LogP contribution is -2.41. The van der Waals surface area contributed by atoms with Crippen molar-refractivity contribution in [3.05, 3.63) is 113 Å². The van der Waals surface area contributed by atoms with Crippen molar-refractivity contribution in [3.8, 4) is 11.4 Å². The molecule has 0 saturated carbocycles. The van der Waals surface area contributed by atoms with E-state index in [-0.39, 0.29) is 17.4 Å². The van der Waals surface area contributed by atoms with Gasteiger partial charge < -0.3 is 9.30 Å². The Hall–Kier alpha value is -4.58. The Labute approximate surface area is 210 Å². The largest absolute Gasteiger partial charge is 0.495 e. The molecule has 0 atom stereocenters. The van der Waals surface area contributed by atoms with Crippen LogP contribution in [0.1, 0.15) is 22.5 Å². The minimum absolute atomic E-state index is 0.110. The first-order valence-corrected chi connectivity index (χ1v) is 11.7. The zero-order valence-electron chi connectivity index (χ0n) is 20.7. The second kappa shape index (κ2) is 9.23. The van der Waals surface area contributed by atoms with Crippen molar-refractivity contribution in [1.82, 2.24) is 4.57 Å². The van der Waals surface area contributed by atoms with Crippen LogP contribution >= 0.6 is 0 Å². The Bertz CT molecular complexity index is 1430. The van der Waals surface area contributed by atoms with Crippen LogP contribution in [0.3, 0.4) is 0 Å². The first-order chi connectivity index (χ1) is 17.4. The number of hydrogen-bond acceptors (Lipinski definition) is 3. The number of carbonyl (C=O) groups is 2. The van der Waals surface area contributed by atoms with Gasteiger partial charge in [0.05, 0.1) is 24.2 Å². The summed E-state index contributed by atoms with van der Waals surface area (Å²) in [5, 5.41) is 2.87. The number of hydrazine groups is 1. The second-order valence-corrected chi connectivity index (χ2v) is 8.80. The molecular weight excluding hydrogens is 450 g/mol. The number of para-hydroxylation sites is 2. The van der Waals surface area contributed by atoms with Gasteiger partial charge in [-0.15, -0.1) is 0 Å². The van der Waals surface area contributed by atoms with Crippen molar-refractivity contribution in [2.45, 2.75) is 20.8 Å². The second-order valence-electron chi connectivity index (χ2n) is 8.80. The van der Waals surface area contributed by atoms with Gasteiger partial charge in [0.2, 0.25) is 0 Å². The van der Waals surface area contributed by atoms with Crippen molar-refractivity contribution in [3.63, 3.8) is 0 Å². The summed E-state index contributed by atoms with van der Waals surface area (Å²) in [7, 11) is 1.65. The molecule has 2 heterocycles. The molecule has 6 nitrogen and oxygen atoms in total. The molecule has 1 aliphatic rings. The number of aromatic nitrogens is 1. The van der Waals surface area contributed by atoms with Crippen LogP contribution in [0.15, 0.2) is 90.5 Å². The van der Waals surface area contributed by atoms with Gasteiger partial charge in [0, 0.05) is 11.4 Å². The van der Waals surface area contributed by atoms with Crippen LogP contribution in [0.2, 0.25) is 0 Å². The van der Waals surface area contributed by atoms with Crippen molar-refractivity contribution < 1.29 is 14.3 Å². The highest BCUT2D eigenvalue weighted by molar-refractivity contribution is 6.38. The minimum atomic E-state index is -0.368. The normalized spacial score (nSPS) is 13.5. The summed E-state index contributed by atoms with van der Waals surface area (Å²) in [6.45, 7) is 6.02. The molecule has 4 aromatic rings. The van der Waals surface area contributed by atoms with Gasteiger partial charge in [0.1, 0.15) is 11.3 Å². The highest BCUT2D eigenvalue weighted by atomic mass is 16.5. The van der Waals surface area contributed by atoms with Crippen LogP contribution in [-0.4, -0.2) is 23.5 Å². The zero-order chi connectivity index (χ0) is 25.4. The minimum Gasteiger partial charge on any atom is -0.495 e. The fraction of sp³-hybridized carbons (Fsp3) is 0.133. The number of amides is 2. The Morgan fingerprint density at radius 2 is 1.28 bits per heavy atom. The smallest absolute Gasteiger partial charge is 0.283 e. The lowest BCUT2D eigenvalue weighted by atomic mass is 10.1. The van der Waals surface area contributed by atoms with Crippen LogP contribution in [0.5, 0.6) is 5.75 Å². The van der Waals surface area contributed by atoms with E-state index in [0.717, 1.165) is 34.0 Å². The SMILES string of the molecule is COc1ccc(C)cc1-n1c(C)cc(C=C2C(=O)N(c3ccccc3)N(c3ccccc3)C2=O)c1C. The average molecular weight is 478 g/mol. The van der Waals surface area contributed by atoms with E-state index in [2.05, 4.69) is 10.6 Å². The third-order valence-electron chi connectivity index (χ3n) is 6.39. The predicted molar refractivity (Wildman–Crippen MR) is 142 cm³/mol. The van der Waals surface area contributed by atoms with Crippen LogP contribution in [0.25, 0.3) is 11.8 Å². The summed E-state index contributed by atoms with van der Waals surface area (Å²) in [5.41, 5.74) is 6.07. The van der Waals surface area contributed by atoms with E-state index in [0.29, 0.717) is 11.4 Å². The predicted octanol–water partition coefficient (Wildman–Crippen LogP) is 5.79. The third-order valence-corrected chi connectivity index (χ3v) is 6.39. The van der Waals surface area contributed by atoms with Crippen LogP contribution in [-0.2, 0) is 9.59 Å². The van der Waals surface area contributed by atoms with Crippen LogP contribution in [0.4, 0.5) is 11.4 Å². The van der Waals surface area contributed by atoms with E-state index in [1.54, 1.807) is 13.2 Å². The lowest BCUT2D eigenvalue weighted by Gasteiger charge is -2.27. The first-order valence-electron chi connectivity index (χ1n) is 11.7. The van der Waals surface area contributed by atoms with Crippen molar-refractivity contribution in [1.29, 1.82) is 0 Å². The maximum Gasteiger partial charge on any atom is 0.283 e. The summed E-state index contributed by atoms with van der Waals surface area (Å²) < 4.78 is 7.70. The van der Waals surface area contributed by atoms with Gasteiger partial charge in [0.25, 0.3) is 11.8 Å². The van der Waals surface area contributed by atoms with Gasteiger partial charge >= 0.3 is 0 Å². The standard InChI is InChI=1S/C30H27N3O3/c1-20-15-16-28(36-4)27(17-20)31-21(2)18-23(22(31)3)19-26-29(34)32(24-11-7-5-8-12-24)33(30(26)35)25-13-9-6-10-14-25/h5-19H,1-4H3. The number of benzene rings is 3. The number of hydrogen-bond donors (Lipinski definition) is 0. The van der Waals surface area contributed by atoms with E-state index >= 15 is 0 Å². The van der Waals surface area contributed by atoms with E-state index in [4.69, 9.17) is 4.74 Å². The van der Waals surface area contributed by atoms with Crippen LogP contribution in [0, 0.1) is 20.8 Å². The van der Waals surface area contributed by atoms with Crippen molar-refractivity contribution in [2.75, 3.05) is 17.1 Å². The molecule has 0 radical (unpaired) electrons. The molecule has 0 N–H and O–H groups in total. The monoisotopic (exact) mass is 477 g/mol. The van der Waals surface area contributed by atoms with Crippen molar-refractivity contribution >= 4 is 29.3 Å². The lowest BCUT2D eigenvalue weighted by molar-refractivity contribution is -0.116. The molecule has 2 amide bonds. The Morgan fingerprint density at radius 3 is 1.81 bits per heavy atom. The highest BCUT2D eigenvalue weighted by Gasteiger charge is 2.43. The maximum atomic E-state index is 13.7. The number of aryl methyl sites for hydroxylation is 2. The molecule has 0 unspecified atom stereocenters. The number of rotatable bonds is 5. The zero-order valence-corrected chi connectivity index (χ0v) is 20.7. The van der Waals surface area contributed by atoms with Crippen LogP contribution < -0.4 is 14.8 Å². The molecular formula is C30H27N3O3. The molecule has 6 heteroatoms. The summed E-state index contributed by atoms with van der Waals surface area (Å²) in [4.78, 5) is 27.4. The van der Waals surface area contributed by atoms with E-state index in [1.165, 1.54) is 10.0 Å². The Kier molecular flexibility index (Phi) is 5.94. The summed E-state index contributed by atoms with van der Waals surface area (Å²) in [6, 6.07) is 26.4. The van der Waals surface area contributed by atoms with E-state index < -0.39 is 0 Å². The highest BCUT2D eigenvalue weighted by Crippen LogP contribution is 2.34. The quantitative estimate of drug-likeness (QED) is 0.270. The molecule has 0 aliphatic carbocycles. The third kappa shape index (κ3) is 3.86. The fourth-order valence-electron chi connectivity index (χ4n) is 4.66. The molecule has 1 aliphatic heterocycles. The average Bonchev–Trinajstić information content (AvgIpc) is 3.31. The van der Waals surface area contributed by atoms with Gasteiger partial charge in [-0.05, 0) is 80.4 Å². The number of anilines is 2. The van der Waals surface area contributed by atoms with Gasteiger partial charge in [0.15, 0.2) is 0 Å². The first kappa shape index (κ1) is 23.2. The summed E-state index contributed by atoms with van der Waals surface area (Å²) in [5.74, 6) is 0.0149. The molecule has 3 aromatic carbocycles. The summed E-state index contributed by atoms with van der Waals surface area (Å²) in [6.07, 6.45) is 1.70. The van der Waals surface area contributed by atoms with E-state index in [1.807, 2.05) is 99.6 Å².